The number of thioether (sulfide) groups is 1. The maximum Gasteiger partial charge on any atom is 0.673 e. The lowest BCUT2D eigenvalue weighted by Gasteiger charge is -1.94. The summed E-state index contributed by atoms with van der Waals surface area (Å²) in [4.78, 5) is 1.30. The first-order valence-corrected chi connectivity index (χ1v) is 7.59. The average molecular weight is 284 g/mol. The number of halogens is 4. The molecule has 0 amide bonds. The van der Waals surface area contributed by atoms with E-state index in [1.54, 1.807) is 11.8 Å². The Morgan fingerprint density at radius 1 is 1.06 bits per heavy atom. The molecule has 7 heteroatoms. The molecule has 0 unspecified atom stereocenters. The molecule has 0 nitrogen and oxygen atoms in total. The summed E-state index contributed by atoms with van der Waals surface area (Å²) in [6.07, 6.45) is 4.42. The summed E-state index contributed by atoms with van der Waals surface area (Å²) < 4.78 is 39.0. The van der Waals surface area contributed by atoms with E-state index < -0.39 is 7.25 Å². The van der Waals surface area contributed by atoms with E-state index in [2.05, 4.69) is 47.6 Å². The fourth-order valence-corrected chi connectivity index (χ4v) is 2.30. The molecule has 0 aromatic heterocycles. The normalized spacial score (nSPS) is 11.5. The Bertz CT molecular complexity index is 319. The van der Waals surface area contributed by atoms with Gasteiger partial charge in [0.2, 0.25) is 0 Å². The fourth-order valence-electron chi connectivity index (χ4n) is 0.717. The minimum atomic E-state index is -6.00. The second-order valence-electron chi connectivity index (χ2n) is 3.08. The molecule has 1 rings (SSSR count). The van der Waals surface area contributed by atoms with Crippen molar-refractivity contribution >= 4 is 29.9 Å². The Kier molecular flexibility index (Phi) is 8.24. The van der Waals surface area contributed by atoms with Crippen molar-refractivity contribution in [2.45, 2.75) is 4.90 Å². The SMILES string of the molecule is C[S+](C)/C=C/Sc1ccccc1.F[B-](F)(F)F. The van der Waals surface area contributed by atoms with Crippen LogP contribution in [0.4, 0.5) is 17.3 Å². The highest BCUT2D eigenvalue weighted by Crippen LogP contribution is 2.18. The molecule has 0 aliphatic carbocycles. The predicted octanol–water partition coefficient (Wildman–Crippen LogP) is 4.43. The Hall–Kier alpha value is -0.555. The molecule has 96 valence electrons. The molecule has 0 saturated heterocycles. The van der Waals surface area contributed by atoms with Crippen LogP contribution in [0.2, 0.25) is 0 Å². The van der Waals surface area contributed by atoms with Crippen LogP contribution in [0.1, 0.15) is 0 Å². The third-order valence-electron chi connectivity index (χ3n) is 1.28. The van der Waals surface area contributed by atoms with Gasteiger partial charge in [0.05, 0.1) is 0 Å². The van der Waals surface area contributed by atoms with Crippen LogP contribution >= 0.6 is 11.8 Å². The summed E-state index contributed by atoms with van der Waals surface area (Å²) in [6, 6.07) is 10.4. The van der Waals surface area contributed by atoms with Crippen LogP contribution in [-0.4, -0.2) is 19.8 Å². The molecule has 17 heavy (non-hydrogen) atoms. The molecule has 1 aromatic rings. The second-order valence-corrected chi connectivity index (χ2v) is 6.09. The lowest BCUT2D eigenvalue weighted by molar-refractivity contribution is 0.368. The summed E-state index contributed by atoms with van der Waals surface area (Å²) >= 11 is 1.78. The highest BCUT2D eigenvalue weighted by Gasteiger charge is 2.20. The topological polar surface area (TPSA) is 0 Å². The zero-order valence-electron chi connectivity index (χ0n) is 9.45. The molecule has 0 heterocycles. The highest BCUT2D eigenvalue weighted by molar-refractivity contribution is 8.04. The molecule has 0 atom stereocenters. The maximum atomic E-state index is 9.75. The fraction of sp³-hybridized carbons (Fsp3) is 0.200. The highest BCUT2D eigenvalue weighted by atomic mass is 32.2. The van der Waals surface area contributed by atoms with Crippen molar-refractivity contribution in [3.63, 3.8) is 0 Å². The Morgan fingerprint density at radius 2 is 1.53 bits per heavy atom. The van der Waals surface area contributed by atoms with Gasteiger partial charge in [0.25, 0.3) is 0 Å². The summed E-state index contributed by atoms with van der Waals surface area (Å²) in [6.45, 7) is 0. The molecular formula is C10H13BF4S2. The van der Waals surface area contributed by atoms with Gasteiger partial charge in [0.15, 0.2) is 0 Å². The number of hydrogen-bond donors (Lipinski definition) is 0. The minimum Gasteiger partial charge on any atom is -0.418 e. The number of hydrogen-bond acceptors (Lipinski definition) is 1. The largest absolute Gasteiger partial charge is 0.673 e. The van der Waals surface area contributed by atoms with Crippen molar-refractivity contribution in [2.24, 2.45) is 0 Å². The average Bonchev–Trinajstić information content (AvgIpc) is 2.16. The van der Waals surface area contributed by atoms with E-state index in [1.165, 1.54) is 4.90 Å². The molecule has 0 radical (unpaired) electrons. The predicted molar refractivity (Wildman–Crippen MR) is 70.8 cm³/mol. The van der Waals surface area contributed by atoms with E-state index in [0.29, 0.717) is 10.9 Å². The van der Waals surface area contributed by atoms with Gasteiger partial charge < -0.3 is 17.3 Å². The summed E-state index contributed by atoms with van der Waals surface area (Å²) in [5.74, 6) is 0. The smallest absolute Gasteiger partial charge is 0.418 e. The molecule has 0 saturated carbocycles. The molecule has 0 aliphatic rings. The van der Waals surface area contributed by atoms with Gasteiger partial charge in [-0.15, -0.1) is 0 Å². The van der Waals surface area contributed by atoms with Gasteiger partial charge in [-0.2, -0.15) is 0 Å². The molecular weight excluding hydrogens is 271 g/mol. The summed E-state index contributed by atoms with van der Waals surface area (Å²) in [7, 11) is -5.59. The third-order valence-corrected chi connectivity index (χ3v) is 2.94. The van der Waals surface area contributed by atoms with Crippen molar-refractivity contribution in [3.05, 3.63) is 41.1 Å². The van der Waals surface area contributed by atoms with Crippen LogP contribution in [0.5, 0.6) is 0 Å². The van der Waals surface area contributed by atoms with Gasteiger partial charge >= 0.3 is 7.25 Å². The van der Waals surface area contributed by atoms with E-state index in [4.69, 9.17) is 0 Å². The first-order valence-electron chi connectivity index (χ1n) is 4.61. The monoisotopic (exact) mass is 284 g/mol. The molecule has 0 N–H and O–H groups in total. The van der Waals surface area contributed by atoms with E-state index >= 15 is 0 Å². The molecule has 0 aliphatic heterocycles. The zero-order valence-corrected chi connectivity index (χ0v) is 11.1. The lowest BCUT2D eigenvalue weighted by Crippen LogP contribution is -2.02. The van der Waals surface area contributed by atoms with Crippen molar-refractivity contribution in [1.82, 2.24) is 0 Å². The Balaban J connectivity index is 0.000000437. The van der Waals surface area contributed by atoms with Gasteiger partial charge in [-0.25, -0.2) is 0 Å². The first kappa shape index (κ1) is 16.4. The van der Waals surface area contributed by atoms with Crippen molar-refractivity contribution in [2.75, 3.05) is 12.5 Å². The molecule has 1 aromatic carbocycles. The zero-order chi connectivity index (χ0) is 13.3. The van der Waals surface area contributed by atoms with E-state index in [0.717, 1.165) is 0 Å². The molecule has 0 spiro atoms. The second kappa shape index (κ2) is 8.52. The lowest BCUT2D eigenvalue weighted by atomic mass is 10.3. The van der Waals surface area contributed by atoms with E-state index in [1.807, 2.05) is 6.07 Å². The maximum absolute atomic E-state index is 9.75. The Labute approximate surface area is 106 Å². The standard InChI is InChI=1S/C10H13S2.BF4/c1-12(2)9-8-11-10-6-4-3-5-7-10;2-1(3,4)5/h3-9H,1-2H3;/q+1;-1/b9-8+;. The minimum absolute atomic E-state index is 0.409. The van der Waals surface area contributed by atoms with Gasteiger partial charge in [0, 0.05) is 21.2 Å². The summed E-state index contributed by atoms with van der Waals surface area (Å²) in [5, 5.41) is 4.40. The van der Waals surface area contributed by atoms with Crippen molar-refractivity contribution in [3.8, 4) is 0 Å². The van der Waals surface area contributed by atoms with Gasteiger partial charge in [-0.05, 0) is 12.1 Å². The van der Waals surface area contributed by atoms with Crippen LogP contribution in [-0.2, 0) is 10.9 Å². The van der Waals surface area contributed by atoms with Gasteiger partial charge in [-0.1, -0.05) is 30.0 Å². The van der Waals surface area contributed by atoms with Gasteiger partial charge in [0.1, 0.15) is 17.9 Å². The molecule has 0 bridgehead atoms. The number of rotatable bonds is 3. The third kappa shape index (κ3) is 15.4. The van der Waals surface area contributed by atoms with Crippen LogP contribution in [0.25, 0.3) is 0 Å². The summed E-state index contributed by atoms with van der Waals surface area (Å²) in [5.41, 5.74) is 0. The van der Waals surface area contributed by atoms with Crippen molar-refractivity contribution < 1.29 is 17.3 Å². The quantitative estimate of drug-likeness (QED) is 0.342. The Morgan fingerprint density at radius 3 is 1.94 bits per heavy atom. The first-order chi connectivity index (χ1) is 7.79. The van der Waals surface area contributed by atoms with Gasteiger partial charge in [-0.3, -0.25) is 0 Å². The van der Waals surface area contributed by atoms with Crippen LogP contribution < -0.4 is 0 Å². The van der Waals surface area contributed by atoms with E-state index in [-0.39, 0.29) is 0 Å². The van der Waals surface area contributed by atoms with Crippen molar-refractivity contribution in [1.29, 1.82) is 0 Å². The van der Waals surface area contributed by atoms with Crippen LogP contribution in [0, 0.1) is 0 Å². The van der Waals surface area contributed by atoms with Crippen LogP contribution in [0.15, 0.2) is 46.0 Å². The van der Waals surface area contributed by atoms with Crippen LogP contribution in [0.3, 0.4) is 0 Å². The van der Waals surface area contributed by atoms with E-state index in [9.17, 15) is 17.3 Å². The number of benzene rings is 1. The molecule has 0 fully saturated rings.